The maximum Gasteiger partial charge on any atom is 1.00 e. The van der Waals surface area contributed by atoms with Crippen LogP contribution in [0.1, 0.15) is 105 Å². The minimum atomic E-state index is -4.65. The average molecular weight is 507 g/mol. The molecule has 1 N–H and O–H groups in total. The van der Waals surface area contributed by atoms with Gasteiger partial charge in [-0.05, 0) is 116 Å². The molecule has 34 heavy (non-hydrogen) atoms. The predicted octanol–water partition coefficient (Wildman–Crippen LogP) is 2.93. The van der Waals surface area contributed by atoms with Crippen molar-refractivity contribution < 1.29 is 51.8 Å². The van der Waals surface area contributed by atoms with Crippen LogP contribution in [0.3, 0.4) is 0 Å². The van der Waals surface area contributed by atoms with Crippen LogP contribution in [0.2, 0.25) is 0 Å². The van der Waals surface area contributed by atoms with Gasteiger partial charge in [0.25, 0.3) is 0 Å². The second-order valence-electron chi connectivity index (χ2n) is 13.1. The van der Waals surface area contributed by atoms with E-state index in [0.29, 0.717) is 29.1 Å². The molecule has 0 unspecified atom stereocenters. The van der Waals surface area contributed by atoms with Gasteiger partial charge in [-0.3, -0.25) is 4.18 Å². The summed E-state index contributed by atoms with van der Waals surface area (Å²) in [5, 5.41) is 10.3. The molecule has 0 heterocycles. The third kappa shape index (κ3) is 5.94. The quantitative estimate of drug-likeness (QED) is 0.311. The summed E-state index contributed by atoms with van der Waals surface area (Å²) in [6, 6.07) is 0. The van der Waals surface area contributed by atoms with Crippen LogP contribution in [0, 0.1) is 52.3 Å². The smallest absolute Gasteiger partial charge is 0.726 e. The topological polar surface area (TPSA) is 86.7 Å². The van der Waals surface area contributed by atoms with Crippen molar-refractivity contribution >= 4 is 10.4 Å². The standard InChI is InChI=1S/C27H48O5S.Na/c1-18(2)6-5-7-19(17-32-33(29,30)31)23-10-11-24-22-9-8-20-16-21(28)12-14-26(20,3)25(22)13-15-27(23,24)4;/h18-25,28H,5-17H2,1-4H3,(H,29,30,31);/q;+1/p-1/t19-,20-,21-,22-,23+,24-,25-,26-,27+;/m0./s1. The van der Waals surface area contributed by atoms with E-state index in [9.17, 15) is 18.1 Å². The first-order valence-electron chi connectivity index (χ1n) is 13.7. The minimum Gasteiger partial charge on any atom is -0.726 e. The van der Waals surface area contributed by atoms with Crippen LogP contribution in [0.25, 0.3) is 0 Å². The summed E-state index contributed by atoms with van der Waals surface area (Å²) in [6.45, 7) is 9.51. The van der Waals surface area contributed by atoms with Crippen LogP contribution in [0.15, 0.2) is 0 Å². The van der Waals surface area contributed by atoms with Crippen molar-refractivity contribution in [2.45, 2.75) is 111 Å². The number of hydrogen-bond donors (Lipinski definition) is 1. The summed E-state index contributed by atoms with van der Waals surface area (Å²) >= 11 is 0. The van der Waals surface area contributed by atoms with Gasteiger partial charge in [0.05, 0.1) is 12.7 Å². The second-order valence-corrected chi connectivity index (χ2v) is 14.1. The minimum absolute atomic E-state index is 0. The largest absolute Gasteiger partial charge is 1.00 e. The molecule has 0 spiro atoms. The molecule has 5 nitrogen and oxygen atoms in total. The molecule has 0 aromatic rings. The fourth-order valence-corrected chi connectivity index (χ4v) is 9.75. The van der Waals surface area contributed by atoms with Gasteiger partial charge in [0.2, 0.25) is 10.4 Å². The fraction of sp³-hybridized carbons (Fsp3) is 1.00. The maximum atomic E-state index is 11.3. The molecule has 0 bridgehead atoms. The van der Waals surface area contributed by atoms with Crippen LogP contribution < -0.4 is 29.6 Å². The van der Waals surface area contributed by atoms with Crippen molar-refractivity contribution in [1.82, 2.24) is 0 Å². The molecule has 7 heteroatoms. The summed E-state index contributed by atoms with van der Waals surface area (Å²) in [5.74, 6) is 4.10. The molecule has 4 rings (SSSR count). The molecule has 4 aliphatic rings. The Morgan fingerprint density at radius 1 is 0.971 bits per heavy atom. The van der Waals surface area contributed by atoms with Gasteiger partial charge in [0.1, 0.15) is 0 Å². The molecular weight excluding hydrogens is 459 g/mol. The summed E-state index contributed by atoms with van der Waals surface area (Å²) in [7, 11) is -4.65. The Morgan fingerprint density at radius 2 is 1.65 bits per heavy atom. The van der Waals surface area contributed by atoms with Crippen molar-refractivity contribution in [3.8, 4) is 0 Å². The summed E-state index contributed by atoms with van der Waals surface area (Å²) in [6.07, 6.45) is 13.5. The number of aliphatic hydroxyl groups excluding tert-OH is 1. The molecule has 0 amide bonds. The number of hydrogen-bond acceptors (Lipinski definition) is 5. The number of fused-ring (bicyclic) bond motifs is 5. The Kier molecular flexibility index (Phi) is 9.76. The molecule has 192 valence electrons. The Bertz CT molecular complexity index is 788. The number of rotatable bonds is 8. The van der Waals surface area contributed by atoms with E-state index in [4.69, 9.17) is 4.18 Å². The van der Waals surface area contributed by atoms with Gasteiger partial charge >= 0.3 is 29.6 Å². The van der Waals surface area contributed by atoms with Crippen LogP contribution in [0.4, 0.5) is 0 Å². The Labute approximate surface area is 230 Å². The Hall–Kier alpha value is 0.830. The van der Waals surface area contributed by atoms with Gasteiger partial charge in [0.15, 0.2) is 0 Å². The average Bonchev–Trinajstić information content (AvgIpc) is 3.07. The molecule has 0 aromatic carbocycles. The summed E-state index contributed by atoms with van der Waals surface area (Å²) in [5.41, 5.74) is 0.592. The van der Waals surface area contributed by atoms with Gasteiger partial charge in [-0.25, -0.2) is 8.42 Å². The van der Waals surface area contributed by atoms with Crippen molar-refractivity contribution in [3.05, 3.63) is 0 Å². The first kappa shape index (κ1) is 29.4. The van der Waals surface area contributed by atoms with Gasteiger partial charge in [-0.2, -0.15) is 0 Å². The number of aliphatic hydroxyl groups is 1. The second kappa shape index (κ2) is 11.3. The van der Waals surface area contributed by atoms with Crippen LogP contribution in [-0.4, -0.2) is 30.8 Å². The zero-order valence-electron chi connectivity index (χ0n) is 22.3. The molecule has 0 radical (unpaired) electrons. The predicted molar refractivity (Wildman–Crippen MR) is 129 cm³/mol. The molecule has 4 saturated carbocycles. The van der Waals surface area contributed by atoms with Gasteiger partial charge in [0, 0.05) is 0 Å². The summed E-state index contributed by atoms with van der Waals surface area (Å²) in [4.78, 5) is 0. The molecule has 4 aliphatic carbocycles. The first-order valence-corrected chi connectivity index (χ1v) is 15.1. The van der Waals surface area contributed by atoms with E-state index in [0.717, 1.165) is 50.4 Å². The van der Waals surface area contributed by atoms with E-state index in [1.54, 1.807) is 0 Å². The maximum absolute atomic E-state index is 11.3. The van der Waals surface area contributed by atoms with Crippen LogP contribution >= 0.6 is 0 Å². The SMILES string of the molecule is CC(C)CCC[C@@H](COS(=O)(=O)[O-])[C@H]1CC[C@H]2[C@@H]3CC[C@H]4C[C@@H](O)CC[C@]4(C)[C@H]3CC[C@]12C.[Na+]. The van der Waals surface area contributed by atoms with E-state index < -0.39 is 10.4 Å². The van der Waals surface area contributed by atoms with Crippen molar-refractivity contribution in [2.24, 2.45) is 52.3 Å². The molecular formula is C27H47NaO5S. The Morgan fingerprint density at radius 3 is 2.32 bits per heavy atom. The van der Waals surface area contributed by atoms with Crippen molar-refractivity contribution in [2.75, 3.05) is 6.61 Å². The molecule has 0 aliphatic heterocycles. The van der Waals surface area contributed by atoms with E-state index in [-0.39, 0.29) is 53.6 Å². The zero-order chi connectivity index (χ0) is 24.0. The third-order valence-electron chi connectivity index (χ3n) is 11.1. The van der Waals surface area contributed by atoms with Crippen LogP contribution in [0.5, 0.6) is 0 Å². The van der Waals surface area contributed by atoms with E-state index in [2.05, 4.69) is 27.7 Å². The summed E-state index contributed by atoms with van der Waals surface area (Å²) < 4.78 is 38.7. The molecule has 0 saturated heterocycles. The van der Waals surface area contributed by atoms with Gasteiger partial charge in [-0.1, -0.05) is 40.5 Å². The normalized spacial score (nSPS) is 42.9. The van der Waals surface area contributed by atoms with Crippen molar-refractivity contribution in [3.63, 3.8) is 0 Å². The van der Waals surface area contributed by atoms with E-state index in [1.165, 1.54) is 38.5 Å². The monoisotopic (exact) mass is 506 g/mol. The third-order valence-corrected chi connectivity index (χ3v) is 11.5. The van der Waals surface area contributed by atoms with Gasteiger partial charge in [-0.15, -0.1) is 0 Å². The zero-order valence-corrected chi connectivity index (χ0v) is 25.1. The Balaban J connectivity index is 0.00000324. The van der Waals surface area contributed by atoms with Gasteiger partial charge < -0.3 is 9.66 Å². The molecule has 0 aromatic heterocycles. The first-order chi connectivity index (χ1) is 15.4. The van der Waals surface area contributed by atoms with E-state index in [1.807, 2.05) is 0 Å². The molecule has 4 fully saturated rings. The fourth-order valence-electron chi connectivity index (χ4n) is 9.41. The van der Waals surface area contributed by atoms with E-state index >= 15 is 0 Å². The van der Waals surface area contributed by atoms with Crippen molar-refractivity contribution in [1.29, 1.82) is 0 Å². The van der Waals surface area contributed by atoms with Crippen LogP contribution in [-0.2, 0) is 14.6 Å². The molecule has 9 atom stereocenters.